The van der Waals surface area contributed by atoms with E-state index in [0.29, 0.717) is 32.2 Å². The van der Waals surface area contributed by atoms with Crippen LogP contribution in [0, 0.1) is 5.92 Å². The molecule has 1 saturated heterocycles. The Bertz CT molecular complexity index is 458. The maximum Gasteiger partial charge on any atom is 0.318 e. The Balaban J connectivity index is 1.90. The van der Waals surface area contributed by atoms with Crippen LogP contribution in [0.2, 0.25) is 0 Å². The number of amides is 2. The third-order valence-electron chi connectivity index (χ3n) is 3.72. The summed E-state index contributed by atoms with van der Waals surface area (Å²) < 4.78 is 7.53. The summed E-state index contributed by atoms with van der Waals surface area (Å²) in [5.74, 6) is 1.45. The van der Waals surface area contributed by atoms with Crippen LogP contribution in [0.4, 0.5) is 4.79 Å². The predicted molar refractivity (Wildman–Crippen MR) is 80.9 cm³/mol. The largest absolute Gasteiger partial charge is 0.377 e. The number of ether oxygens (including phenoxy) is 1. The Labute approximate surface area is 126 Å². The molecule has 0 saturated carbocycles. The highest BCUT2D eigenvalue weighted by Gasteiger charge is 2.25. The van der Waals surface area contributed by atoms with E-state index >= 15 is 0 Å². The van der Waals surface area contributed by atoms with Crippen molar-refractivity contribution in [3.05, 3.63) is 18.2 Å². The SMILES string of the molecule is CC[C@H]1COCCN1C(=O)NCc1nccn1CC(C)C. The topological polar surface area (TPSA) is 59.4 Å². The lowest BCUT2D eigenvalue weighted by molar-refractivity contribution is 0.0112. The molecule has 1 N–H and O–H groups in total. The lowest BCUT2D eigenvalue weighted by Gasteiger charge is -2.35. The number of morpholine rings is 1. The lowest BCUT2D eigenvalue weighted by Crippen LogP contribution is -2.52. The highest BCUT2D eigenvalue weighted by atomic mass is 16.5. The Morgan fingerprint density at radius 1 is 1.57 bits per heavy atom. The van der Waals surface area contributed by atoms with Crippen molar-refractivity contribution in [2.45, 2.75) is 46.3 Å². The average Bonchev–Trinajstić information content (AvgIpc) is 2.91. The van der Waals surface area contributed by atoms with E-state index in [-0.39, 0.29) is 12.1 Å². The van der Waals surface area contributed by atoms with E-state index in [1.807, 2.05) is 11.1 Å². The van der Waals surface area contributed by atoms with E-state index in [1.54, 1.807) is 6.20 Å². The van der Waals surface area contributed by atoms with Crippen LogP contribution in [0.1, 0.15) is 33.0 Å². The molecule has 1 aromatic heterocycles. The molecule has 2 heterocycles. The first kappa shape index (κ1) is 15.8. The number of nitrogens with zero attached hydrogens (tertiary/aromatic N) is 3. The van der Waals surface area contributed by atoms with Crippen LogP contribution in [0.15, 0.2) is 12.4 Å². The molecule has 6 heteroatoms. The fraction of sp³-hybridized carbons (Fsp3) is 0.733. The van der Waals surface area contributed by atoms with Gasteiger partial charge in [-0.15, -0.1) is 0 Å². The number of hydrogen-bond donors (Lipinski definition) is 1. The molecule has 2 amide bonds. The van der Waals surface area contributed by atoms with Gasteiger partial charge >= 0.3 is 6.03 Å². The maximum absolute atomic E-state index is 12.3. The van der Waals surface area contributed by atoms with Gasteiger partial charge in [-0.25, -0.2) is 9.78 Å². The molecule has 6 nitrogen and oxygen atoms in total. The highest BCUT2D eigenvalue weighted by molar-refractivity contribution is 5.74. The summed E-state index contributed by atoms with van der Waals surface area (Å²) in [5, 5.41) is 2.98. The minimum atomic E-state index is -0.0238. The van der Waals surface area contributed by atoms with Crippen molar-refractivity contribution in [1.82, 2.24) is 19.8 Å². The summed E-state index contributed by atoms with van der Waals surface area (Å²) in [4.78, 5) is 18.5. The molecule has 118 valence electrons. The molecule has 1 fully saturated rings. The van der Waals surface area contributed by atoms with Crippen LogP contribution in [0.3, 0.4) is 0 Å². The fourth-order valence-electron chi connectivity index (χ4n) is 2.58. The number of nitrogens with one attached hydrogen (secondary N) is 1. The van der Waals surface area contributed by atoms with Gasteiger partial charge in [0.1, 0.15) is 5.82 Å². The van der Waals surface area contributed by atoms with Gasteiger partial charge in [0.25, 0.3) is 0 Å². The Morgan fingerprint density at radius 2 is 2.38 bits per heavy atom. The quantitative estimate of drug-likeness (QED) is 0.901. The normalized spacial score (nSPS) is 19.0. The first-order chi connectivity index (χ1) is 10.1. The second kappa shape index (κ2) is 7.45. The second-order valence-corrected chi connectivity index (χ2v) is 5.88. The maximum atomic E-state index is 12.3. The van der Waals surface area contributed by atoms with E-state index in [4.69, 9.17) is 4.74 Å². The van der Waals surface area contributed by atoms with Crippen molar-refractivity contribution >= 4 is 6.03 Å². The van der Waals surface area contributed by atoms with Crippen LogP contribution in [-0.4, -0.2) is 46.3 Å². The molecule has 0 aliphatic carbocycles. The molecular weight excluding hydrogens is 268 g/mol. The number of carbonyl (C=O) groups is 1. The fourth-order valence-corrected chi connectivity index (χ4v) is 2.58. The number of urea groups is 1. The third-order valence-corrected chi connectivity index (χ3v) is 3.72. The second-order valence-electron chi connectivity index (χ2n) is 5.88. The molecule has 1 atom stereocenters. The smallest absolute Gasteiger partial charge is 0.318 e. The van der Waals surface area contributed by atoms with Gasteiger partial charge in [-0.3, -0.25) is 0 Å². The van der Waals surface area contributed by atoms with Crippen molar-refractivity contribution in [2.24, 2.45) is 5.92 Å². The summed E-state index contributed by atoms with van der Waals surface area (Å²) in [6, 6.07) is 0.151. The highest BCUT2D eigenvalue weighted by Crippen LogP contribution is 2.10. The molecule has 21 heavy (non-hydrogen) atoms. The Morgan fingerprint density at radius 3 is 3.10 bits per heavy atom. The zero-order chi connectivity index (χ0) is 15.2. The average molecular weight is 294 g/mol. The summed E-state index contributed by atoms with van der Waals surface area (Å²) in [6.45, 7) is 9.70. The summed E-state index contributed by atoms with van der Waals surface area (Å²) in [6.07, 6.45) is 4.66. The Kier molecular flexibility index (Phi) is 5.61. The van der Waals surface area contributed by atoms with Gasteiger partial charge in [-0.1, -0.05) is 20.8 Å². The molecule has 2 rings (SSSR count). The van der Waals surface area contributed by atoms with E-state index in [0.717, 1.165) is 18.8 Å². The van der Waals surface area contributed by atoms with Gasteiger partial charge in [0, 0.05) is 25.5 Å². The molecule has 0 aromatic carbocycles. The number of aromatic nitrogens is 2. The van der Waals surface area contributed by atoms with Crippen molar-refractivity contribution < 1.29 is 9.53 Å². The minimum Gasteiger partial charge on any atom is -0.377 e. The Hall–Kier alpha value is -1.56. The van der Waals surface area contributed by atoms with Gasteiger partial charge in [-0.2, -0.15) is 0 Å². The van der Waals surface area contributed by atoms with E-state index in [1.165, 1.54) is 0 Å². The molecular formula is C15H26N4O2. The standard InChI is InChI=1S/C15H26N4O2/c1-4-13-11-21-8-7-19(13)15(20)17-9-14-16-5-6-18(14)10-12(2)3/h5-6,12-13H,4,7-11H2,1-3H3,(H,17,20)/t13-/m0/s1. The number of carbonyl (C=O) groups excluding carboxylic acids is 1. The third kappa shape index (κ3) is 4.20. The van der Waals surface area contributed by atoms with E-state index in [9.17, 15) is 4.79 Å². The predicted octanol–water partition coefficient (Wildman–Crippen LogP) is 1.86. The van der Waals surface area contributed by atoms with Gasteiger partial charge < -0.3 is 19.5 Å². The zero-order valence-corrected chi connectivity index (χ0v) is 13.2. The van der Waals surface area contributed by atoms with Crippen molar-refractivity contribution in [2.75, 3.05) is 19.8 Å². The molecule has 0 spiro atoms. The van der Waals surface area contributed by atoms with Crippen LogP contribution in [0.5, 0.6) is 0 Å². The van der Waals surface area contributed by atoms with Gasteiger partial charge in [0.15, 0.2) is 0 Å². The number of hydrogen-bond acceptors (Lipinski definition) is 3. The van der Waals surface area contributed by atoms with Crippen molar-refractivity contribution in [3.8, 4) is 0 Å². The van der Waals surface area contributed by atoms with E-state index in [2.05, 4.69) is 35.6 Å². The van der Waals surface area contributed by atoms with E-state index < -0.39 is 0 Å². The van der Waals surface area contributed by atoms with Gasteiger partial charge in [-0.05, 0) is 12.3 Å². The van der Waals surface area contributed by atoms with Crippen LogP contribution >= 0.6 is 0 Å². The van der Waals surface area contributed by atoms with Crippen LogP contribution in [0.25, 0.3) is 0 Å². The lowest BCUT2D eigenvalue weighted by atomic mass is 10.2. The summed E-state index contributed by atoms with van der Waals surface area (Å²) in [5.41, 5.74) is 0. The molecule has 1 aromatic rings. The van der Waals surface area contributed by atoms with Crippen LogP contribution < -0.4 is 5.32 Å². The molecule has 1 aliphatic rings. The molecule has 0 bridgehead atoms. The van der Waals surface area contributed by atoms with Crippen molar-refractivity contribution in [3.63, 3.8) is 0 Å². The minimum absolute atomic E-state index is 0.0238. The van der Waals surface area contributed by atoms with Crippen molar-refractivity contribution in [1.29, 1.82) is 0 Å². The van der Waals surface area contributed by atoms with Crippen LogP contribution in [-0.2, 0) is 17.8 Å². The first-order valence-electron chi connectivity index (χ1n) is 7.74. The van der Waals surface area contributed by atoms with Gasteiger partial charge in [0.05, 0.1) is 25.8 Å². The number of imidazole rings is 1. The molecule has 1 aliphatic heterocycles. The monoisotopic (exact) mass is 294 g/mol. The zero-order valence-electron chi connectivity index (χ0n) is 13.2. The molecule has 0 unspecified atom stereocenters. The first-order valence-corrected chi connectivity index (χ1v) is 7.74. The van der Waals surface area contributed by atoms with Gasteiger partial charge in [0.2, 0.25) is 0 Å². The number of rotatable bonds is 5. The summed E-state index contributed by atoms with van der Waals surface area (Å²) >= 11 is 0. The summed E-state index contributed by atoms with van der Waals surface area (Å²) in [7, 11) is 0. The molecule has 0 radical (unpaired) electrons.